The Morgan fingerprint density at radius 2 is 1.95 bits per heavy atom. The summed E-state index contributed by atoms with van der Waals surface area (Å²) in [4.78, 5) is 0. The van der Waals surface area contributed by atoms with Gasteiger partial charge in [-0.05, 0) is 18.1 Å². The van der Waals surface area contributed by atoms with Crippen LogP contribution in [0.3, 0.4) is 0 Å². The molecule has 0 unspecified atom stereocenters. The third kappa shape index (κ3) is 5.36. The van der Waals surface area contributed by atoms with Crippen LogP contribution in [0.1, 0.15) is 19.4 Å². The molecule has 0 bridgehead atoms. The van der Waals surface area contributed by atoms with Gasteiger partial charge < -0.3 is 25.2 Å². The molecule has 0 aliphatic carbocycles. The van der Waals surface area contributed by atoms with Crippen molar-refractivity contribution in [2.24, 2.45) is 16.8 Å². The number of nitrogens with two attached hydrogens (primary N) is 1. The van der Waals surface area contributed by atoms with Crippen LogP contribution in [-0.2, 0) is 4.74 Å². The van der Waals surface area contributed by atoms with Gasteiger partial charge in [0, 0.05) is 18.2 Å². The van der Waals surface area contributed by atoms with E-state index in [1.807, 2.05) is 0 Å². The van der Waals surface area contributed by atoms with Crippen molar-refractivity contribution in [3.05, 3.63) is 23.8 Å². The summed E-state index contributed by atoms with van der Waals surface area (Å²) in [5.74, 6) is 1.66. The second-order valence-electron chi connectivity index (χ2n) is 4.70. The van der Waals surface area contributed by atoms with Crippen LogP contribution in [0.5, 0.6) is 11.5 Å². The van der Waals surface area contributed by atoms with E-state index in [4.69, 9.17) is 25.2 Å². The third-order valence-corrected chi connectivity index (χ3v) is 2.47. The van der Waals surface area contributed by atoms with Gasteiger partial charge in [0.15, 0.2) is 5.84 Å². The van der Waals surface area contributed by atoms with Crippen LogP contribution in [0, 0.1) is 5.92 Å². The van der Waals surface area contributed by atoms with Crippen LogP contribution in [0.25, 0.3) is 0 Å². The fourth-order valence-electron chi connectivity index (χ4n) is 1.52. The molecule has 20 heavy (non-hydrogen) atoms. The molecule has 1 rings (SSSR count). The SMILES string of the molecule is COc1cc(OCCOCC(C)C)cc(/C(N)=N/O)c1. The smallest absolute Gasteiger partial charge is 0.170 e. The lowest BCUT2D eigenvalue weighted by Crippen LogP contribution is -2.14. The Morgan fingerprint density at radius 1 is 1.25 bits per heavy atom. The lowest BCUT2D eigenvalue weighted by Gasteiger charge is -2.11. The monoisotopic (exact) mass is 282 g/mol. The van der Waals surface area contributed by atoms with E-state index < -0.39 is 0 Å². The molecule has 6 heteroatoms. The van der Waals surface area contributed by atoms with Gasteiger partial charge >= 0.3 is 0 Å². The maximum absolute atomic E-state index is 8.70. The Morgan fingerprint density at radius 3 is 2.55 bits per heavy atom. The highest BCUT2D eigenvalue weighted by Crippen LogP contribution is 2.22. The Kier molecular flexibility index (Phi) is 6.66. The minimum absolute atomic E-state index is 0.00445. The quantitative estimate of drug-likeness (QED) is 0.250. The summed E-state index contributed by atoms with van der Waals surface area (Å²) in [6.45, 7) is 5.82. The molecule has 0 aliphatic rings. The Labute approximate surface area is 119 Å². The van der Waals surface area contributed by atoms with Gasteiger partial charge in [-0.1, -0.05) is 19.0 Å². The first kappa shape index (κ1) is 16.1. The molecule has 0 radical (unpaired) electrons. The number of oxime groups is 1. The summed E-state index contributed by atoms with van der Waals surface area (Å²) in [6.07, 6.45) is 0. The van der Waals surface area contributed by atoms with Gasteiger partial charge in [0.1, 0.15) is 18.1 Å². The van der Waals surface area contributed by atoms with Crippen molar-refractivity contribution >= 4 is 5.84 Å². The number of amidine groups is 1. The van der Waals surface area contributed by atoms with Crippen molar-refractivity contribution in [1.82, 2.24) is 0 Å². The molecule has 112 valence electrons. The molecule has 0 fully saturated rings. The summed E-state index contributed by atoms with van der Waals surface area (Å²) >= 11 is 0. The number of hydrogen-bond acceptors (Lipinski definition) is 5. The van der Waals surface area contributed by atoms with Crippen LogP contribution < -0.4 is 15.2 Å². The molecule has 0 saturated carbocycles. The highest BCUT2D eigenvalue weighted by molar-refractivity contribution is 5.97. The maximum Gasteiger partial charge on any atom is 0.170 e. The molecule has 0 saturated heterocycles. The van der Waals surface area contributed by atoms with Gasteiger partial charge in [-0.3, -0.25) is 0 Å². The molecule has 0 amide bonds. The summed E-state index contributed by atoms with van der Waals surface area (Å²) in [7, 11) is 1.54. The first-order valence-corrected chi connectivity index (χ1v) is 6.44. The van der Waals surface area contributed by atoms with Gasteiger partial charge in [0.2, 0.25) is 0 Å². The topological polar surface area (TPSA) is 86.3 Å². The van der Waals surface area contributed by atoms with Gasteiger partial charge in [-0.15, -0.1) is 0 Å². The predicted molar refractivity (Wildman–Crippen MR) is 76.7 cm³/mol. The Hall–Kier alpha value is -1.95. The summed E-state index contributed by atoms with van der Waals surface area (Å²) in [5, 5.41) is 11.7. The minimum atomic E-state index is 0.00445. The molecule has 0 atom stereocenters. The van der Waals surface area contributed by atoms with E-state index in [0.29, 0.717) is 42.8 Å². The normalized spacial score (nSPS) is 11.7. The molecule has 0 spiro atoms. The average Bonchev–Trinajstić information content (AvgIpc) is 2.45. The van der Waals surface area contributed by atoms with E-state index in [9.17, 15) is 0 Å². The van der Waals surface area contributed by atoms with Gasteiger partial charge in [-0.2, -0.15) is 0 Å². The maximum atomic E-state index is 8.70. The second kappa shape index (κ2) is 8.27. The zero-order chi connectivity index (χ0) is 15.0. The van der Waals surface area contributed by atoms with Gasteiger partial charge in [0.05, 0.1) is 13.7 Å². The van der Waals surface area contributed by atoms with Gasteiger partial charge in [0.25, 0.3) is 0 Å². The van der Waals surface area contributed by atoms with E-state index in [0.717, 1.165) is 0 Å². The zero-order valence-electron chi connectivity index (χ0n) is 12.1. The minimum Gasteiger partial charge on any atom is -0.497 e. The van der Waals surface area contributed by atoms with Crippen LogP contribution in [0.15, 0.2) is 23.4 Å². The molecule has 0 aliphatic heterocycles. The predicted octanol–water partition coefficient (Wildman–Crippen LogP) is 1.84. The summed E-state index contributed by atoms with van der Waals surface area (Å²) < 4.78 is 16.1. The van der Waals surface area contributed by atoms with Crippen molar-refractivity contribution < 1.29 is 19.4 Å². The Bertz CT molecular complexity index is 447. The number of methoxy groups -OCH3 is 1. The average molecular weight is 282 g/mol. The highest BCUT2D eigenvalue weighted by atomic mass is 16.5. The van der Waals surface area contributed by atoms with Crippen molar-refractivity contribution in [1.29, 1.82) is 0 Å². The van der Waals surface area contributed by atoms with E-state index in [-0.39, 0.29) is 5.84 Å². The first-order chi connectivity index (χ1) is 9.56. The number of benzene rings is 1. The van der Waals surface area contributed by atoms with Crippen molar-refractivity contribution in [3.63, 3.8) is 0 Å². The van der Waals surface area contributed by atoms with Crippen molar-refractivity contribution in [2.75, 3.05) is 26.9 Å². The van der Waals surface area contributed by atoms with Crippen LogP contribution in [-0.4, -0.2) is 38.0 Å². The van der Waals surface area contributed by atoms with Crippen molar-refractivity contribution in [3.8, 4) is 11.5 Å². The van der Waals surface area contributed by atoms with Crippen LogP contribution in [0.2, 0.25) is 0 Å². The van der Waals surface area contributed by atoms with E-state index in [1.54, 1.807) is 25.3 Å². The first-order valence-electron chi connectivity index (χ1n) is 6.44. The highest BCUT2D eigenvalue weighted by Gasteiger charge is 2.06. The fourth-order valence-corrected chi connectivity index (χ4v) is 1.52. The molecule has 1 aromatic rings. The lowest BCUT2D eigenvalue weighted by atomic mass is 10.2. The number of ether oxygens (including phenoxy) is 3. The van der Waals surface area contributed by atoms with E-state index in [2.05, 4.69) is 19.0 Å². The molecular formula is C14H22N2O4. The van der Waals surface area contributed by atoms with Crippen LogP contribution in [0.4, 0.5) is 0 Å². The van der Waals surface area contributed by atoms with E-state index in [1.165, 1.54) is 0 Å². The van der Waals surface area contributed by atoms with Gasteiger partial charge in [-0.25, -0.2) is 0 Å². The summed E-state index contributed by atoms with van der Waals surface area (Å²) in [5.41, 5.74) is 6.09. The molecule has 3 N–H and O–H groups in total. The third-order valence-electron chi connectivity index (χ3n) is 2.47. The zero-order valence-corrected chi connectivity index (χ0v) is 12.1. The number of rotatable bonds is 8. The summed E-state index contributed by atoms with van der Waals surface area (Å²) in [6, 6.07) is 5.08. The molecule has 0 aromatic heterocycles. The lowest BCUT2D eigenvalue weighted by molar-refractivity contribution is 0.0818. The molecule has 6 nitrogen and oxygen atoms in total. The van der Waals surface area contributed by atoms with E-state index >= 15 is 0 Å². The molecular weight excluding hydrogens is 260 g/mol. The second-order valence-corrected chi connectivity index (χ2v) is 4.70. The number of hydrogen-bond donors (Lipinski definition) is 2. The largest absolute Gasteiger partial charge is 0.497 e. The van der Waals surface area contributed by atoms with Crippen LogP contribution >= 0.6 is 0 Å². The molecule has 1 aromatic carbocycles. The number of nitrogens with zero attached hydrogens (tertiary/aromatic N) is 1. The standard InChI is InChI=1S/C14H22N2O4/c1-10(2)9-19-4-5-20-13-7-11(14(15)16-17)6-12(8-13)18-3/h6-8,10,17H,4-5,9H2,1-3H3,(H2,15,16). The van der Waals surface area contributed by atoms with Crippen molar-refractivity contribution in [2.45, 2.75) is 13.8 Å². The Balaban J connectivity index is 2.60. The fraction of sp³-hybridized carbons (Fsp3) is 0.500. The molecule has 0 heterocycles.